The molecule has 0 spiro atoms. The van der Waals surface area contributed by atoms with Crippen molar-refractivity contribution in [1.29, 1.82) is 0 Å². The van der Waals surface area contributed by atoms with Gasteiger partial charge in [0.25, 0.3) is 0 Å². The molecule has 0 radical (unpaired) electrons. The SMILES string of the molecule is CC1CCCCC1CNc1ccc(N)c(C(=O)O)c1. The molecule has 1 fully saturated rings. The highest BCUT2D eigenvalue weighted by molar-refractivity contribution is 5.94. The van der Waals surface area contributed by atoms with Crippen LogP contribution in [0.2, 0.25) is 0 Å². The molecule has 2 rings (SSSR count). The van der Waals surface area contributed by atoms with E-state index in [9.17, 15) is 4.79 Å². The Morgan fingerprint density at radius 1 is 1.42 bits per heavy atom. The van der Waals surface area contributed by atoms with Crippen LogP contribution in [0.25, 0.3) is 0 Å². The fraction of sp³-hybridized carbons (Fsp3) is 0.533. The zero-order valence-corrected chi connectivity index (χ0v) is 11.4. The van der Waals surface area contributed by atoms with Gasteiger partial charge >= 0.3 is 5.97 Å². The number of hydrogen-bond acceptors (Lipinski definition) is 3. The molecule has 1 aromatic carbocycles. The van der Waals surface area contributed by atoms with E-state index in [2.05, 4.69) is 12.2 Å². The first-order chi connectivity index (χ1) is 9.08. The predicted molar refractivity (Wildman–Crippen MR) is 77.4 cm³/mol. The van der Waals surface area contributed by atoms with Gasteiger partial charge in [-0.1, -0.05) is 26.2 Å². The molecule has 1 saturated carbocycles. The van der Waals surface area contributed by atoms with Gasteiger partial charge in [0, 0.05) is 17.9 Å². The summed E-state index contributed by atoms with van der Waals surface area (Å²) in [5.41, 5.74) is 6.96. The minimum absolute atomic E-state index is 0.168. The standard InChI is InChI=1S/C15H22N2O2/c1-10-4-2-3-5-11(10)9-17-12-6-7-14(16)13(8-12)15(18)19/h6-8,10-11,17H,2-5,9,16H2,1H3,(H,18,19). The number of nitrogens with one attached hydrogen (secondary N) is 1. The molecule has 4 heteroatoms. The number of rotatable bonds is 4. The Hall–Kier alpha value is -1.71. The van der Waals surface area contributed by atoms with Crippen LogP contribution < -0.4 is 11.1 Å². The topological polar surface area (TPSA) is 75.3 Å². The first-order valence-corrected chi connectivity index (χ1v) is 6.94. The van der Waals surface area contributed by atoms with Gasteiger partial charge in [0.15, 0.2) is 0 Å². The van der Waals surface area contributed by atoms with Gasteiger partial charge in [0.2, 0.25) is 0 Å². The largest absolute Gasteiger partial charge is 0.478 e. The number of anilines is 2. The number of carboxylic acids is 1. The van der Waals surface area contributed by atoms with Crippen molar-refractivity contribution < 1.29 is 9.90 Å². The van der Waals surface area contributed by atoms with E-state index in [0.29, 0.717) is 11.6 Å². The van der Waals surface area contributed by atoms with Crippen LogP contribution in [0.3, 0.4) is 0 Å². The van der Waals surface area contributed by atoms with Gasteiger partial charge in [0.1, 0.15) is 0 Å². The molecule has 4 N–H and O–H groups in total. The Morgan fingerprint density at radius 3 is 2.84 bits per heavy atom. The van der Waals surface area contributed by atoms with Crippen molar-refractivity contribution in [2.24, 2.45) is 11.8 Å². The Balaban J connectivity index is 1.99. The van der Waals surface area contributed by atoms with Gasteiger partial charge in [-0.2, -0.15) is 0 Å². The number of hydrogen-bond donors (Lipinski definition) is 3. The summed E-state index contributed by atoms with van der Waals surface area (Å²) in [7, 11) is 0. The average molecular weight is 262 g/mol. The molecule has 4 nitrogen and oxygen atoms in total. The summed E-state index contributed by atoms with van der Waals surface area (Å²) in [6.45, 7) is 3.21. The van der Waals surface area contributed by atoms with Gasteiger partial charge in [-0.15, -0.1) is 0 Å². The average Bonchev–Trinajstić information content (AvgIpc) is 2.39. The summed E-state index contributed by atoms with van der Waals surface area (Å²) in [5.74, 6) is 0.445. The highest BCUT2D eigenvalue weighted by Crippen LogP contribution is 2.30. The third-order valence-electron chi connectivity index (χ3n) is 4.14. The molecular weight excluding hydrogens is 240 g/mol. The number of nitrogens with two attached hydrogens (primary N) is 1. The molecule has 0 aromatic heterocycles. The number of nitrogen functional groups attached to an aromatic ring is 1. The van der Waals surface area contributed by atoms with Crippen molar-refractivity contribution in [3.8, 4) is 0 Å². The van der Waals surface area contributed by atoms with Gasteiger partial charge in [-0.05, 0) is 36.5 Å². The van der Waals surface area contributed by atoms with E-state index in [1.807, 2.05) is 6.07 Å². The lowest BCUT2D eigenvalue weighted by molar-refractivity contribution is 0.0698. The van der Waals surface area contributed by atoms with Crippen LogP contribution in [-0.4, -0.2) is 17.6 Å². The quantitative estimate of drug-likeness (QED) is 0.728. The maximum Gasteiger partial charge on any atom is 0.337 e. The van der Waals surface area contributed by atoms with Crippen LogP contribution in [0, 0.1) is 11.8 Å². The number of aromatic carboxylic acids is 1. The molecule has 2 atom stereocenters. The second kappa shape index (κ2) is 5.95. The third kappa shape index (κ3) is 3.40. The molecule has 0 saturated heterocycles. The van der Waals surface area contributed by atoms with Crippen molar-refractivity contribution in [2.75, 3.05) is 17.6 Å². The molecule has 1 aromatic rings. The fourth-order valence-electron chi connectivity index (χ4n) is 2.80. The number of carbonyl (C=O) groups is 1. The molecule has 2 unspecified atom stereocenters. The third-order valence-corrected chi connectivity index (χ3v) is 4.14. The van der Waals surface area contributed by atoms with Crippen LogP contribution in [0.5, 0.6) is 0 Å². The fourth-order valence-corrected chi connectivity index (χ4v) is 2.80. The molecule has 1 aliphatic rings. The normalized spacial score (nSPS) is 23.0. The lowest BCUT2D eigenvalue weighted by Crippen LogP contribution is -2.24. The summed E-state index contributed by atoms with van der Waals surface area (Å²) >= 11 is 0. The van der Waals surface area contributed by atoms with Crippen molar-refractivity contribution >= 4 is 17.3 Å². The molecule has 0 bridgehead atoms. The van der Waals surface area contributed by atoms with Crippen molar-refractivity contribution in [3.63, 3.8) is 0 Å². The monoisotopic (exact) mass is 262 g/mol. The summed E-state index contributed by atoms with van der Waals surface area (Å²) in [4.78, 5) is 11.0. The second-order valence-electron chi connectivity index (χ2n) is 5.51. The minimum Gasteiger partial charge on any atom is -0.478 e. The van der Waals surface area contributed by atoms with Crippen LogP contribution in [0.4, 0.5) is 11.4 Å². The van der Waals surface area contributed by atoms with E-state index >= 15 is 0 Å². The van der Waals surface area contributed by atoms with Gasteiger partial charge in [0.05, 0.1) is 5.56 Å². The van der Waals surface area contributed by atoms with E-state index in [4.69, 9.17) is 10.8 Å². The van der Waals surface area contributed by atoms with E-state index < -0.39 is 5.97 Å². The maximum absolute atomic E-state index is 11.0. The smallest absolute Gasteiger partial charge is 0.337 e. The first-order valence-electron chi connectivity index (χ1n) is 6.94. The molecule has 1 aliphatic carbocycles. The van der Waals surface area contributed by atoms with Crippen LogP contribution in [-0.2, 0) is 0 Å². The van der Waals surface area contributed by atoms with Crippen LogP contribution >= 0.6 is 0 Å². The van der Waals surface area contributed by atoms with Gasteiger partial charge < -0.3 is 16.2 Å². The lowest BCUT2D eigenvalue weighted by atomic mass is 9.80. The molecular formula is C15H22N2O2. The van der Waals surface area contributed by atoms with Crippen molar-refractivity contribution in [1.82, 2.24) is 0 Å². The molecule has 0 aliphatic heterocycles. The Morgan fingerprint density at radius 2 is 2.16 bits per heavy atom. The van der Waals surface area contributed by atoms with Crippen LogP contribution in [0.1, 0.15) is 43.0 Å². The molecule has 104 valence electrons. The Kier molecular flexibility index (Phi) is 4.30. The Labute approximate surface area is 114 Å². The highest BCUT2D eigenvalue weighted by Gasteiger charge is 2.20. The van der Waals surface area contributed by atoms with Crippen LogP contribution in [0.15, 0.2) is 18.2 Å². The van der Waals surface area contributed by atoms with E-state index in [0.717, 1.165) is 18.2 Å². The van der Waals surface area contributed by atoms with Gasteiger partial charge in [-0.3, -0.25) is 0 Å². The summed E-state index contributed by atoms with van der Waals surface area (Å²) in [6, 6.07) is 5.11. The molecule has 0 heterocycles. The number of benzene rings is 1. The van der Waals surface area contributed by atoms with Crippen molar-refractivity contribution in [3.05, 3.63) is 23.8 Å². The minimum atomic E-state index is -0.979. The van der Waals surface area contributed by atoms with E-state index in [-0.39, 0.29) is 5.56 Å². The first kappa shape index (κ1) is 13.7. The zero-order valence-electron chi connectivity index (χ0n) is 11.4. The van der Waals surface area contributed by atoms with E-state index in [1.54, 1.807) is 12.1 Å². The summed E-state index contributed by atoms with van der Waals surface area (Å²) in [6.07, 6.45) is 5.20. The molecule has 19 heavy (non-hydrogen) atoms. The summed E-state index contributed by atoms with van der Waals surface area (Å²) in [5, 5.41) is 12.4. The highest BCUT2D eigenvalue weighted by atomic mass is 16.4. The Bertz CT molecular complexity index is 459. The number of carboxylic acid groups (broad SMARTS) is 1. The van der Waals surface area contributed by atoms with E-state index in [1.165, 1.54) is 25.7 Å². The van der Waals surface area contributed by atoms with Crippen molar-refractivity contribution in [2.45, 2.75) is 32.6 Å². The lowest BCUT2D eigenvalue weighted by Gasteiger charge is -2.29. The van der Waals surface area contributed by atoms with Gasteiger partial charge in [-0.25, -0.2) is 4.79 Å². The second-order valence-corrected chi connectivity index (χ2v) is 5.51. The zero-order chi connectivity index (χ0) is 13.8. The molecule has 0 amide bonds. The summed E-state index contributed by atoms with van der Waals surface area (Å²) < 4.78 is 0. The maximum atomic E-state index is 11.0. The predicted octanol–water partition coefficient (Wildman–Crippen LogP) is 3.21.